The van der Waals surface area contributed by atoms with Crippen molar-refractivity contribution in [1.82, 2.24) is 5.32 Å². The third-order valence-electron chi connectivity index (χ3n) is 6.31. The summed E-state index contributed by atoms with van der Waals surface area (Å²) in [5.41, 5.74) is 7.18. The van der Waals surface area contributed by atoms with Gasteiger partial charge in [0.2, 0.25) is 0 Å². The number of urea groups is 3. The van der Waals surface area contributed by atoms with Gasteiger partial charge < -0.3 is 21.1 Å². The summed E-state index contributed by atoms with van der Waals surface area (Å²) in [5, 5.41) is 14.9. The quantitative estimate of drug-likeness (QED) is 0.146. The van der Waals surface area contributed by atoms with Crippen LogP contribution in [0.2, 0.25) is 0 Å². The van der Waals surface area contributed by atoms with E-state index >= 15 is 0 Å². The van der Waals surface area contributed by atoms with E-state index in [2.05, 4.69) is 58.8 Å². The fraction of sp³-hybridized carbons (Fsp3) is 0.121. The number of aliphatic imine (C=N–C) groups is 1. The summed E-state index contributed by atoms with van der Waals surface area (Å²) in [5.74, 6) is 0. The summed E-state index contributed by atoms with van der Waals surface area (Å²) < 4.78 is 0. The van der Waals surface area contributed by atoms with Gasteiger partial charge >= 0.3 is 18.1 Å². The lowest BCUT2D eigenvalue weighted by molar-refractivity contribution is -0.122. The van der Waals surface area contributed by atoms with Gasteiger partial charge in [0.15, 0.2) is 0 Å². The van der Waals surface area contributed by atoms with Crippen LogP contribution in [0.1, 0.15) is 27.8 Å². The molecule has 0 heterocycles. The third kappa shape index (κ3) is 9.68. The Hall–Kier alpha value is -5.77. The molecule has 0 aromatic heterocycles. The number of hydrogen-bond acceptors (Lipinski definition) is 4. The lowest BCUT2D eigenvalue weighted by atomic mass is 10.0. The Morgan fingerprint density at radius 2 is 1.14 bits per heavy atom. The number of carboxylic acid groups (broad SMARTS) is 1. The first kappa shape index (κ1) is 31.8. The molecule has 4 rings (SSSR count). The van der Waals surface area contributed by atoms with E-state index < -0.39 is 12.1 Å². The van der Waals surface area contributed by atoms with Crippen LogP contribution in [0.25, 0.3) is 0 Å². The van der Waals surface area contributed by atoms with Gasteiger partial charge in [0.1, 0.15) is 0 Å². The first-order valence-electron chi connectivity index (χ1n) is 13.3. The van der Waals surface area contributed by atoms with Crippen LogP contribution in [0.3, 0.4) is 0 Å². The van der Waals surface area contributed by atoms with Crippen molar-refractivity contribution in [3.8, 4) is 0 Å². The molecule has 220 valence electrons. The Balaban J connectivity index is 0.00000162. The molecule has 0 bridgehead atoms. The van der Waals surface area contributed by atoms with Crippen LogP contribution in [-0.2, 0) is 17.6 Å². The van der Waals surface area contributed by atoms with Gasteiger partial charge in [-0.3, -0.25) is 4.79 Å². The van der Waals surface area contributed by atoms with Crippen LogP contribution >= 0.6 is 0 Å². The maximum Gasteiger partial charge on any atom is 0.355 e. The summed E-state index contributed by atoms with van der Waals surface area (Å²) in [6.45, 7) is 5.11. The van der Waals surface area contributed by atoms with Crippen LogP contribution in [0, 0.1) is 6.92 Å². The van der Waals surface area contributed by atoms with E-state index in [0.29, 0.717) is 23.5 Å². The van der Waals surface area contributed by atoms with Crippen molar-refractivity contribution in [2.24, 2.45) is 4.99 Å². The van der Waals surface area contributed by atoms with Crippen molar-refractivity contribution in [3.63, 3.8) is 0 Å². The lowest BCUT2D eigenvalue weighted by Crippen LogP contribution is -2.38. The molecule has 4 aromatic carbocycles. The number of carbonyl (C=O) groups is 4. The van der Waals surface area contributed by atoms with Gasteiger partial charge in [-0.2, -0.15) is 0 Å². The number of rotatable bonds is 7. The van der Waals surface area contributed by atoms with E-state index in [-0.39, 0.29) is 12.5 Å². The van der Waals surface area contributed by atoms with Gasteiger partial charge in [0, 0.05) is 18.4 Å². The van der Waals surface area contributed by atoms with Crippen LogP contribution < -0.4 is 20.9 Å². The number of anilines is 3. The molecule has 0 aliphatic heterocycles. The smallest absolute Gasteiger partial charge is 0.355 e. The minimum atomic E-state index is -0.777. The molecule has 0 unspecified atom stereocenters. The third-order valence-corrected chi connectivity index (χ3v) is 6.31. The molecule has 0 aliphatic carbocycles. The number of aryl methyl sites for hydroxylation is 1. The highest BCUT2D eigenvalue weighted by molar-refractivity contribution is 6.18. The van der Waals surface area contributed by atoms with Crippen molar-refractivity contribution in [1.29, 1.82) is 0 Å². The number of nitrogens with zero attached hydrogens (tertiary/aromatic N) is 2. The van der Waals surface area contributed by atoms with Crippen molar-refractivity contribution in [3.05, 3.63) is 125 Å². The minimum absolute atomic E-state index is 0.250. The first-order chi connectivity index (χ1) is 20.8. The van der Waals surface area contributed by atoms with Crippen molar-refractivity contribution >= 4 is 48.3 Å². The summed E-state index contributed by atoms with van der Waals surface area (Å²) in [6, 6.07) is 28.8. The van der Waals surface area contributed by atoms with Crippen LogP contribution in [-0.4, -0.2) is 43.4 Å². The van der Waals surface area contributed by atoms with E-state index in [1.807, 2.05) is 60.7 Å². The van der Waals surface area contributed by atoms with E-state index in [4.69, 9.17) is 9.90 Å². The highest BCUT2D eigenvalue weighted by Crippen LogP contribution is 2.21. The Morgan fingerprint density at radius 1 is 0.744 bits per heavy atom. The van der Waals surface area contributed by atoms with Gasteiger partial charge in [-0.1, -0.05) is 66.2 Å². The summed E-state index contributed by atoms with van der Waals surface area (Å²) in [6.07, 6.45) is 1.41. The Labute approximate surface area is 250 Å². The monoisotopic (exact) mass is 579 g/mol. The Morgan fingerprint density at radius 3 is 1.56 bits per heavy atom. The summed E-state index contributed by atoms with van der Waals surface area (Å²) in [4.78, 5) is 49.9. The SMILES string of the molecule is C=NC(=O)N(C(=O)Nc1ccc(Cc2ccc(C)cc2)cc1)c1ccc(Cc2ccc(NC(=O)NC)cc2)cc1.O=CO. The molecule has 0 aliphatic rings. The highest BCUT2D eigenvalue weighted by Gasteiger charge is 2.23. The topological polar surface area (TPSA) is 140 Å². The molecule has 0 fully saturated rings. The molecule has 6 amide bonds. The minimum Gasteiger partial charge on any atom is -0.483 e. The average Bonchev–Trinajstić information content (AvgIpc) is 3.01. The van der Waals surface area contributed by atoms with Crippen LogP contribution in [0.5, 0.6) is 0 Å². The molecular weight excluding hydrogens is 546 g/mol. The van der Waals surface area contributed by atoms with E-state index in [1.54, 1.807) is 19.2 Å². The standard InChI is InChI=1S/C32H31N5O3.CH2O2/c1-22-4-6-23(7-5-22)20-25-10-16-28(17-11-25)36-32(40)37(31(39)34-3)29-18-12-26(13-19-29)21-24-8-14-27(15-9-24)35-30(38)33-2;2-1-3/h4-19H,3,20-21H2,1-2H3,(H,36,40)(H2,33,35,38);1H,(H,2,3). The second-order valence-corrected chi connectivity index (χ2v) is 9.42. The van der Waals surface area contributed by atoms with Gasteiger partial charge in [0.25, 0.3) is 6.47 Å². The Bertz CT molecular complexity index is 1540. The fourth-order valence-electron chi connectivity index (χ4n) is 4.11. The normalized spacial score (nSPS) is 9.91. The maximum atomic E-state index is 13.1. The highest BCUT2D eigenvalue weighted by atomic mass is 16.3. The van der Waals surface area contributed by atoms with E-state index in [0.717, 1.165) is 28.0 Å². The number of carbonyl (C=O) groups excluding carboxylic acids is 3. The molecule has 0 atom stereocenters. The number of hydrogen-bond donors (Lipinski definition) is 4. The van der Waals surface area contributed by atoms with Gasteiger partial charge in [-0.25, -0.2) is 24.3 Å². The number of nitrogens with one attached hydrogen (secondary N) is 3. The molecule has 10 nitrogen and oxygen atoms in total. The zero-order chi connectivity index (χ0) is 31.2. The van der Waals surface area contributed by atoms with Crippen molar-refractivity contribution < 1.29 is 24.3 Å². The van der Waals surface area contributed by atoms with Crippen molar-refractivity contribution in [2.45, 2.75) is 19.8 Å². The van der Waals surface area contributed by atoms with Gasteiger partial charge in [0.05, 0.1) is 5.69 Å². The molecule has 0 spiro atoms. The zero-order valence-electron chi connectivity index (χ0n) is 23.9. The Kier molecular flexibility index (Phi) is 11.7. The molecule has 0 radical (unpaired) electrons. The second-order valence-electron chi connectivity index (χ2n) is 9.42. The summed E-state index contributed by atoms with van der Waals surface area (Å²) in [7, 11) is 1.56. The molecule has 4 aromatic rings. The van der Waals surface area contributed by atoms with E-state index in [1.165, 1.54) is 11.1 Å². The number of imide groups is 1. The molecule has 0 saturated carbocycles. The van der Waals surface area contributed by atoms with Crippen LogP contribution in [0.4, 0.5) is 31.4 Å². The average molecular weight is 580 g/mol. The second kappa shape index (κ2) is 15.9. The molecule has 0 saturated heterocycles. The van der Waals surface area contributed by atoms with Crippen molar-refractivity contribution in [2.75, 3.05) is 22.6 Å². The molecule has 4 N–H and O–H groups in total. The van der Waals surface area contributed by atoms with Gasteiger partial charge in [-0.05, 0) is 85.1 Å². The maximum absolute atomic E-state index is 13.1. The van der Waals surface area contributed by atoms with Crippen LogP contribution in [0.15, 0.2) is 102 Å². The number of benzene rings is 4. The summed E-state index contributed by atoms with van der Waals surface area (Å²) >= 11 is 0. The first-order valence-corrected chi connectivity index (χ1v) is 13.3. The molecule has 43 heavy (non-hydrogen) atoms. The largest absolute Gasteiger partial charge is 0.483 e. The lowest BCUT2D eigenvalue weighted by Gasteiger charge is -2.19. The fourth-order valence-corrected chi connectivity index (χ4v) is 4.11. The molecule has 10 heteroatoms. The predicted octanol–water partition coefficient (Wildman–Crippen LogP) is 6.49. The molecular formula is C33H33N5O5. The predicted molar refractivity (Wildman–Crippen MR) is 169 cm³/mol. The number of amides is 6. The van der Waals surface area contributed by atoms with E-state index in [9.17, 15) is 14.4 Å². The zero-order valence-corrected chi connectivity index (χ0v) is 23.9. The van der Waals surface area contributed by atoms with Gasteiger partial charge in [-0.15, -0.1) is 0 Å².